The van der Waals surface area contributed by atoms with E-state index < -0.39 is 5.97 Å². The average molecular weight is 460 g/mol. The van der Waals surface area contributed by atoms with Crippen LogP contribution in [0.4, 0.5) is 5.82 Å². The fraction of sp³-hybridized carbons (Fsp3) is 0.160. The third-order valence-electron chi connectivity index (χ3n) is 5.89. The second-order valence-electron chi connectivity index (χ2n) is 8.07. The number of nitrogens with one attached hydrogen (secondary N) is 2. The molecule has 3 aromatic heterocycles. The van der Waals surface area contributed by atoms with Crippen LogP contribution < -0.4 is 5.32 Å². The summed E-state index contributed by atoms with van der Waals surface area (Å²) in [4.78, 5) is 22.9. The van der Waals surface area contributed by atoms with Gasteiger partial charge in [0.05, 0.1) is 16.2 Å². The van der Waals surface area contributed by atoms with E-state index in [1.54, 1.807) is 6.07 Å². The summed E-state index contributed by atoms with van der Waals surface area (Å²) in [5, 5.41) is 15.3. The van der Waals surface area contributed by atoms with E-state index in [9.17, 15) is 9.90 Å². The number of carboxylic acids is 1. The van der Waals surface area contributed by atoms with Crippen LogP contribution in [-0.2, 0) is 6.54 Å². The lowest BCUT2D eigenvalue weighted by Crippen LogP contribution is -2.12. The minimum Gasteiger partial charge on any atom is -0.477 e. The predicted octanol–water partition coefficient (Wildman–Crippen LogP) is 5.66. The number of aromatic nitrogens is 4. The van der Waals surface area contributed by atoms with Crippen molar-refractivity contribution in [2.75, 3.05) is 11.9 Å². The first-order valence-electron chi connectivity index (χ1n) is 10.6. The van der Waals surface area contributed by atoms with Gasteiger partial charge in [0, 0.05) is 46.7 Å². The molecule has 3 heterocycles. The maximum absolute atomic E-state index is 11.2. The van der Waals surface area contributed by atoms with Gasteiger partial charge < -0.3 is 20.0 Å². The zero-order valence-corrected chi connectivity index (χ0v) is 18.9. The Morgan fingerprint density at radius 2 is 1.97 bits per heavy atom. The zero-order chi connectivity index (χ0) is 23.1. The first-order chi connectivity index (χ1) is 15.9. The van der Waals surface area contributed by atoms with Gasteiger partial charge in [0.1, 0.15) is 17.8 Å². The number of aryl methyl sites for hydroxylation is 2. The lowest BCUT2D eigenvalue weighted by atomic mass is 10.1. The van der Waals surface area contributed by atoms with Gasteiger partial charge in [-0.25, -0.2) is 14.8 Å². The monoisotopic (exact) mass is 459 g/mol. The van der Waals surface area contributed by atoms with Crippen molar-refractivity contribution >= 4 is 45.2 Å². The van der Waals surface area contributed by atoms with Crippen LogP contribution >= 0.6 is 11.6 Å². The van der Waals surface area contributed by atoms with Gasteiger partial charge in [-0.1, -0.05) is 23.7 Å². The van der Waals surface area contributed by atoms with Gasteiger partial charge in [0.2, 0.25) is 0 Å². The summed E-state index contributed by atoms with van der Waals surface area (Å²) in [6, 6.07) is 15.4. The highest BCUT2D eigenvalue weighted by molar-refractivity contribution is 6.35. The minimum absolute atomic E-state index is 0.162. The molecular formula is C25H22ClN5O2. The number of anilines is 1. The molecule has 0 aliphatic rings. The van der Waals surface area contributed by atoms with Crippen LogP contribution in [-0.4, -0.2) is 37.1 Å². The molecule has 0 bridgehead atoms. The van der Waals surface area contributed by atoms with E-state index in [4.69, 9.17) is 11.6 Å². The lowest BCUT2D eigenvalue weighted by Gasteiger charge is -2.12. The molecule has 33 heavy (non-hydrogen) atoms. The molecule has 7 nitrogen and oxygen atoms in total. The molecule has 0 atom stereocenters. The van der Waals surface area contributed by atoms with Crippen LogP contribution in [0, 0.1) is 13.8 Å². The first kappa shape index (κ1) is 21.0. The Morgan fingerprint density at radius 3 is 2.79 bits per heavy atom. The Bertz CT molecular complexity index is 1520. The Balaban J connectivity index is 1.35. The first-order valence-corrected chi connectivity index (χ1v) is 11.0. The molecule has 0 saturated heterocycles. The standard InChI is InChI=1S/C25H22ClN5O2/c1-14-3-5-19(26)24-18(14)9-15(2)31(24)8-7-27-23-12-21(28-13-29-23)16-4-6-20-17(10-16)11-22(30-20)25(32)33/h3-6,9-13,30H,7-8H2,1-2H3,(H,32,33)(H,27,28,29). The molecule has 0 saturated carbocycles. The van der Waals surface area contributed by atoms with Crippen molar-refractivity contribution in [1.29, 1.82) is 0 Å². The van der Waals surface area contributed by atoms with Crippen molar-refractivity contribution in [3.8, 4) is 11.3 Å². The number of rotatable bonds is 6. The molecule has 8 heteroatoms. The largest absolute Gasteiger partial charge is 0.477 e. The Hall–Kier alpha value is -3.84. The van der Waals surface area contributed by atoms with Gasteiger partial charge in [-0.05, 0) is 49.7 Å². The summed E-state index contributed by atoms with van der Waals surface area (Å²) < 4.78 is 2.22. The predicted molar refractivity (Wildman–Crippen MR) is 131 cm³/mol. The number of nitrogens with zero attached hydrogens (tertiary/aromatic N) is 3. The highest BCUT2D eigenvalue weighted by atomic mass is 35.5. The van der Waals surface area contributed by atoms with Crippen LogP contribution in [0.25, 0.3) is 33.1 Å². The van der Waals surface area contributed by atoms with Gasteiger partial charge in [0.25, 0.3) is 0 Å². The second kappa shape index (κ2) is 8.26. The summed E-state index contributed by atoms with van der Waals surface area (Å²) in [6.07, 6.45) is 1.53. The van der Waals surface area contributed by atoms with Crippen LogP contribution in [0.15, 0.2) is 54.9 Å². The lowest BCUT2D eigenvalue weighted by molar-refractivity contribution is 0.0691. The number of H-pyrrole nitrogens is 1. The summed E-state index contributed by atoms with van der Waals surface area (Å²) in [5.41, 5.74) is 6.00. The molecule has 0 aliphatic heterocycles. The van der Waals surface area contributed by atoms with Crippen LogP contribution in [0.1, 0.15) is 21.7 Å². The Kier molecular flexibility index (Phi) is 5.26. The molecule has 0 unspecified atom stereocenters. The highest BCUT2D eigenvalue weighted by Crippen LogP contribution is 2.30. The highest BCUT2D eigenvalue weighted by Gasteiger charge is 2.12. The van der Waals surface area contributed by atoms with Crippen molar-refractivity contribution in [1.82, 2.24) is 19.5 Å². The average Bonchev–Trinajstić information content (AvgIpc) is 3.38. The molecule has 166 valence electrons. The number of hydrogen-bond acceptors (Lipinski definition) is 4. The van der Waals surface area contributed by atoms with Crippen molar-refractivity contribution in [2.45, 2.75) is 20.4 Å². The zero-order valence-electron chi connectivity index (χ0n) is 18.2. The quantitative estimate of drug-likeness (QED) is 0.304. The number of aromatic amines is 1. The van der Waals surface area contributed by atoms with Gasteiger partial charge in [0.15, 0.2) is 0 Å². The normalized spacial score (nSPS) is 11.4. The van der Waals surface area contributed by atoms with E-state index in [1.165, 1.54) is 17.3 Å². The van der Waals surface area contributed by atoms with Gasteiger partial charge >= 0.3 is 5.97 Å². The Morgan fingerprint density at radius 1 is 1.12 bits per heavy atom. The number of hydrogen-bond donors (Lipinski definition) is 3. The molecule has 5 rings (SSSR count). The van der Waals surface area contributed by atoms with E-state index in [0.717, 1.165) is 50.8 Å². The number of benzene rings is 2. The summed E-state index contributed by atoms with van der Waals surface area (Å²) in [5.74, 6) is -0.264. The maximum Gasteiger partial charge on any atom is 0.352 e. The fourth-order valence-electron chi connectivity index (χ4n) is 4.20. The molecule has 5 aromatic rings. The minimum atomic E-state index is -0.983. The van der Waals surface area contributed by atoms with Crippen molar-refractivity contribution in [3.63, 3.8) is 0 Å². The van der Waals surface area contributed by atoms with E-state index in [-0.39, 0.29) is 5.69 Å². The van der Waals surface area contributed by atoms with Gasteiger partial charge in [-0.3, -0.25) is 0 Å². The number of halogens is 1. The molecule has 3 N–H and O–H groups in total. The van der Waals surface area contributed by atoms with E-state index in [0.29, 0.717) is 6.54 Å². The third-order valence-corrected chi connectivity index (χ3v) is 6.20. The molecule has 0 amide bonds. The van der Waals surface area contributed by atoms with Crippen LogP contribution in [0.2, 0.25) is 5.02 Å². The van der Waals surface area contributed by atoms with E-state index in [1.807, 2.05) is 36.4 Å². The molecule has 0 spiro atoms. The SMILES string of the molecule is Cc1ccc(Cl)c2c1cc(C)n2CCNc1cc(-c2ccc3[nH]c(C(=O)O)cc3c2)ncn1. The van der Waals surface area contributed by atoms with Crippen LogP contribution in [0.5, 0.6) is 0 Å². The van der Waals surface area contributed by atoms with Gasteiger partial charge in [-0.2, -0.15) is 0 Å². The molecule has 0 aliphatic carbocycles. The third kappa shape index (κ3) is 3.91. The summed E-state index contributed by atoms with van der Waals surface area (Å²) in [7, 11) is 0. The van der Waals surface area contributed by atoms with Gasteiger partial charge in [-0.15, -0.1) is 0 Å². The summed E-state index contributed by atoms with van der Waals surface area (Å²) >= 11 is 6.50. The van der Waals surface area contributed by atoms with Crippen molar-refractivity contribution in [2.24, 2.45) is 0 Å². The van der Waals surface area contributed by atoms with E-state index in [2.05, 4.69) is 44.7 Å². The van der Waals surface area contributed by atoms with Crippen LogP contribution in [0.3, 0.4) is 0 Å². The topological polar surface area (TPSA) is 95.8 Å². The van der Waals surface area contributed by atoms with Crippen molar-refractivity contribution in [3.05, 3.63) is 76.8 Å². The number of carboxylic acid groups (broad SMARTS) is 1. The van der Waals surface area contributed by atoms with Crippen molar-refractivity contribution < 1.29 is 9.90 Å². The molecule has 0 fully saturated rings. The smallest absolute Gasteiger partial charge is 0.352 e. The molecule has 2 aromatic carbocycles. The number of aromatic carboxylic acids is 1. The maximum atomic E-state index is 11.2. The second-order valence-corrected chi connectivity index (χ2v) is 8.48. The fourth-order valence-corrected chi connectivity index (χ4v) is 4.47. The Labute approximate surface area is 195 Å². The van der Waals surface area contributed by atoms with E-state index >= 15 is 0 Å². The molecular weight excluding hydrogens is 438 g/mol. The number of fused-ring (bicyclic) bond motifs is 2. The molecule has 0 radical (unpaired) electrons. The number of carbonyl (C=O) groups is 1. The summed E-state index contributed by atoms with van der Waals surface area (Å²) in [6.45, 7) is 5.59.